The van der Waals surface area contributed by atoms with E-state index in [4.69, 9.17) is 0 Å². The van der Waals surface area contributed by atoms with Crippen molar-refractivity contribution in [1.82, 2.24) is 10.6 Å². The van der Waals surface area contributed by atoms with Crippen molar-refractivity contribution in [2.45, 2.75) is 31.0 Å². The number of rotatable bonds is 2. The van der Waals surface area contributed by atoms with Crippen molar-refractivity contribution in [3.63, 3.8) is 0 Å². The Bertz CT molecular complexity index is 219. The minimum Gasteiger partial charge on any atom is -0.392 e. The molecule has 3 N–H and O–H groups in total. The quantitative estimate of drug-likeness (QED) is 0.573. The van der Waals surface area contributed by atoms with Crippen LogP contribution in [0, 0.1) is 0 Å². The zero-order valence-electron chi connectivity index (χ0n) is 8.03. The number of carbonyl (C=O) groups excluding carboxylic acids is 1. The summed E-state index contributed by atoms with van der Waals surface area (Å²) in [5.41, 5.74) is 0. The molecule has 2 heterocycles. The normalized spacial score (nSPS) is 37.4. The van der Waals surface area contributed by atoms with Gasteiger partial charge >= 0.3 is 0 Å². The van der Waals surface area contributed by atoms with Crippen LogP contribution in [0.5, 0.6) is 0 Å². The maximum Gasteiger partial charge on any atom is 0.237 e. The van der Waals surface area contributed by atoms with Gasteiger partial charge in [-0.15, -0.1) is 0 Å². The van der Waals surface area contributed by atoms with Gasteiger partial charge in [0.05, 0.1) is 12.1 Å². The van der Waals surface area contributed by atoms with Crippen LogP contribution >= 0.6 is 11.8 Å². The lowest BCUT2D eigenvalue weighted by molar-refractivity contribution is -0.123. The molecule has 1 amide bonds. The fraction of sp³-hybridized carbons (Fsp3) is 0.889. The molecule has 0 aromatic carbocycles. The number of thioether (sulfide) groups is 1. The molecule has 0 saturated carbocycles. The summed E-state index contributed by atoms with van der Waals surface area (Å²) >= 11 is 1.88. The van der Waals surface area contributed by atoms with Crippen LogP contribution in [-0.2, 0) is 4.79 Å². The third-order valence-electron chi connectivity index (χ3n) is 2.70. The van der Waals surface area contributed by atoms with Crippen molar-refractivity contribution in [1.29, 1.82) is 0 Å². The maximum atomic E-state index is 11.7. The molecule has 2 fully saturated rings. The fourth-order valence-corrected chi connectivity index (χ4v) is 3.02. The van der Waals surface area contributed by atoms with Crippen LogP contribution in [0.3, 0.4) is 0 Å². The van der Waals surface area contributed by atoms with Crippen molar-refractivity contribution in [3.8, 4) is 0 Å². The number of nitrogens with one attached hydrogen (secondary N) is 2. The number of amides is 1. The van der Waals surface area contributed by atoms with Crippen molar-refractivity contribution < 1.29 is 9.90 Å². The molecule has 5 heteroatoms. The second-order valence-electron chi connectivity index (χ2n) is 3.92. The first-order valence-corrected chi connectivity index (χ1v) is 6.21. The van der Waals surface area contributed by atoms with E-state index in [1.165, 1.54) is 0 Å². The van der Waals surface area contributed by atoms with Crippen molar-refractivity contribution in [2.24, 2.45) is 0 Å². The van der Waals surface area contributed by atoms with Gasteiger partial charge in [-0.25, -0.2) is 0 Å². The molecule has 2 aliphatic heterocycles. The van der Waals surface area contributed by atoms with Gasteiger partial charge in [0.25, 0.3) is 0 Å². The average Bonchev–Trinajstić information content (AvgIpc) is 2.75. The van der Waals surface area contributed by atoms with Gasteiger partial charge in [-0.05, 0) is 18.6 Å². The topological polar surface area (TPSA) is 61.4 Å². The van der Waals surface area contributed by atoms with Crippen LogP contribution in [-0.4, -0.2) is 47.3 Å². The minimum atomic E-state index is -0.358. The Hall–Kier alpha value is -0.260. The van der Waals surface area contributed by atoms with Gasteiger partial charge in [0.2, 0.25) is 5.91 Å². The molecule has 2 saturated heterocycles. The number of aliphatic hydroxyl groups is 1. The van der Waals surface area contributed by atoms with Crippen LogP contribution in [0.1, 0.15) is 12.8 Å². The highest BCUT2D eigenvalue weighted by Crippen LogP contribution is 2.17. The lowest BCUT2D eigenvalue weighted by Gasteiger charge is -2.15. The lowest BCUT2D eigenvalue weighted by atomic mass is 10.1. The third kappa shape index (κ3) is 2.40. The van der Waals surface area contributed by atoms with Crippen LogP contribution in [0.15, 0.2) is 0 Å². The lowest BCUT2D eigenvalue weighted by Crippen LogP contribution is -2.45. The van der Waals surface area contributed by atoms with Gasteiger partial charge in [0.15, 0.2) is 0 Å². The number of hydrogen-bond donors (Lipinski definition) is 3. The Morgan fingerprint density at radius 3 is 3.00 bits per heavy atom. The Morgan fingerprint density at radius 1 is 1.57 bits per heavy atom. The summed E-state index contributed by atoms with van der Waals surface area (Å²) in [6, 6.07) is 0.155. The highest BCUT2D eigenvalue weighted by atomic mass is 32.2. The molecular formula is C9H16N2O2S. The first-order valence-electron chi connectivity index (χ1n) is 5.05. The Labute approximate surface area is 87.8 Å². The largest absolute Gasteiger partial charge is 0.392 e. The highest BCUT2D eigenvalue weighted by Gasteiger charge is 2.29. The standard InChI is InChI=1S/C9H16N2O2S/c12-7-3-8(10-4-7)9(13)11-6-1-2-14-5-6/h6-8,10,12H,1-5H2,(H,11,13). The van der Waals surface area contributed by atoms with Crippen LogP contribution in [0.25, 0.3) is 0 Å². The smallest absolute Gasteiger partial charge is 0.237 e. The SMILES string of the molecule is O=C(NC1CCSC1)C1CC(O)CN1. The number of hydrogen-bond acceptors (Lipinski definition) is 4. The molecule has 3 atom stereocenters. The molecule has 0 spiro atoms. The second-order valence-corrected chi connectivity index (χ2v) is 5.07. The van der Waals surface area contributed by atoms with Crippen LogP contribution < -0.4 is 10.6 Å². The predicted octanol–water partition coefficient (Wildman–Crippen LogP) is -0.669. The van der Waals surface area contributed by atoms with E-state index in [9.17, 15) is 9.90 Å². The summed E-state index contributed by atoms with van der Waals surface area (Å²) in [5, 5.41) is 15.3. The molecule has 14 heavy (non-hydrogen) atoms. The zero-order valence-corrected chi connectivity index (χ0v) is 8.85. The van der Waals surface area contributed by atoms with E-state index in [1.807, 2.05) is 11.8 Å². The number of β-amino-alcohol motifs (C(OH)–C–C–N with tert-alkyl or cyclic N) is 1. The van der Waals surface area contributed by atoms with E-state index in [0.29, 0.717) is 19.0 Å². The Kier molecular flexibility index (Phi) is 3.30. The summed E-state index contributed by atoms with van der Waals surface area (Å²) in [6.45, 7) is 0.539. The molecule has 2 aliphatic rings. The number of carbonyl (C=O) groups is 1. The number of aliphatic hydroxyl groups excluding tert-OH is 1. The van der Waals surface area contributed by atoms with Gasteiger partial charge < -0.3 is 15.7 Å². The highest BCUT2D eigenvalue weighted by molar-refractivity contribution is 7.99. The van der Waals surface area contributed by atoms with Gasteiger partial charge in [-0.3, -0.25) is 4.79 Å². The zero-order chi connectivity index (χ0) is 9.97. The van der Waals surface area contributed by atoms with E-state index in [1.54, 1.807) is 0 Å². The molecule has 3 unspecified atom stereocenters. The van der Waals surface area contributed by atoms with Crippen molar-refractivity contribution in [3.05, 3.63) is 0 Å². The van der Waals surface area contributed by atoms with E-state index >= 15 is 0 Å². The fourth-order valence-electron chi connectivity index (χ4n) is 1.87. The van der Waals surface area contributed by atoms with Gasteiger partial charge in [0, 0.05) is 18.3 Å². The first kappa shape index (κ1) is 10.3. The molecule has 0 aromatic rings. The minimum absolute atomic E-state index is 0.0500. The predicted molar refractivity (Wildman–Crippen MR) is 56.3 cm³/mol. The molecule has 0 bridgehead atoms. The van der Waals surface area contributed by atoms with Crippen molar-refractivity contribution in [2.75, 3.05) is 18.1 Å². The summed E-state index contributed by atoms with van der Waals surface area (Å²) < 4.78 is 0. The van der Waals surface area contributed by atoms with Crippen LogP contribution in [0.2, 0.25) is 0 Å². The van der Waals surface area contributed by atoms with E-state index in [0.717, 1.165) is 17.9 Å². The molecular weight excluding hydrogens is 200 g/mol. The van der Waals surface area contributed by atoms with Crippen LogP contribution in [0.4, 0.5) is 0 Å². The van der Waals surface area contributed by atoms with Crippen molar-refractivity contribution >= 4 is 17.7 Å². The summed E-state index contributed by atoms with van der Waals surface area (Å²) in [6.07, 6.45) is 1.26. The monoisotopic (exact) mass is 216 g/mol. The molecule has 80 valence electrons. The summed E-state index contributed by atoms with van der Waals surface area (Å²) in [4.78, 5) is 11.7. The first-order chi connectivity index (χ1) is 6.75. The summed E-state index contributed by atoms with van der Waals surface area (Å²) in [7, 11) is 0. The third-order valence-corrected chi connectivity index (χ3v) is 3.86. The molecule has 0 radical (unpaired) electrons. The average molecular weight is 216 g/mol. The Balaban J connectivity index is 1.77. The molecule has 0 aliphatic carbocycles. The second kappa shape index (κ2) is 4.51. The van der Waals surface area contributed by atoms with Gasteiger partial charge in [0.1, 0.15) is 0 Å². The van der Waals surface area contributed by atoms with Gasteiger partial charge in [-0.2, -0.15) is 11.8 Å². The maximum absolute atomic E-state index is 11.7. The van der Waals surface area contributed by atoms with E-state index in [2.05, 4.69) is 10.6 Å². The molecule has 2 rings (SSSR count). The molecule has 4 nitrogen and oxygen atoms in total. The molecule has 0 aromatic heterocycles. The van der Waals surface area contributed by atoms with E-state index in [-0.39, 0.29) is 18.1 Å². The summed E-state index contributed by atoms with van der Waals surface area (Å²) in [5.74, 6) is 2.22. The Morgan fingerprint density at radius 2 is 2.43 bits per heavy atom. The van der Waals surface area contributed by atoms with Gasteiger partial charge in [-0.1, -0.05) is 0 Å². The van der Waals surface area contributed by atoms with E-state index < -0.39 is 0 Å².